The van der Waals surface area contributed by atoms with Gasteiger partial charge in [0.2, 0.25) is 0 Å². The number of benzene rings is 1. The van der Waals surface area contributed by atoms with Gasteiger partial charge < -0.3 is 4.74 Å². The fraction of sp³-hybridized carbons (Fsp3) is 0.462. The van der Waals surface area contributed by atoms with Gasteiger partial charge in [0.1, 0.15) is 6.10 Å². The van der Waals surface area contributed by atoms with Gasteiger partial charge in [-0.25, -0.2) is 5.01 Å². The Balaban J connectivity index is 2.18. The average Bonchev–Trinajstić information content (AvgIpc) is 2.35. The van der Waals surface area contributed by atoms with Crippen LogP contribution in [0.5, 0.6) is 0 Å². The summed E-state index contributed by atoms with van der Waals surface area (Å²) in [5.41, 5.74) is 4.28. The third-order valence-electron chi connectivity index (χ3n) is 2.99. The second kappa shape index (κ2) is 5.47. The first-order valence-corrected chi connectivity index (χ1v) is 6.42. The largest absolute Gasteiger partial charge is 0.460 e. The topological polar surface area (TPSA) is 24.5 Å². The normalized spacial score (nSPS) is 25.2. The second-order valence-corrected chi connectivity index (χ2v) is 4.65. The molecule has 0 spiro atoms. The molecule has 0 radical (unpaired) electrons. The summed E-state index contributed by atoms with van der Waals surface area (Å²) in [5.74, 6) is 0. The highest BCUT2D eigenvalue weighted by atomic mass is 32.1. The zero-order chi connectivity index (χ0) is 12.3. The Morgan fingerprint density at radius 2 is 2.06 bits per heavy atom. The lowest BCUT2D eigenvalue weighted by Crippen LogP contribution is -2.55. The third-order valence-corrected chi connectivity index (χ3v) is 3.18. The minimum Gasteiger partial charge on any atom is -0.460 e. The van der Waals surface area contributed by atoms with E-state index in [9.17, 15) is 0 Å². The van der Waals surface area contributed by atoms with Crippen LogP contribution in [0.25, 0.3) is 0 Å². The van der Waals surface area contributed by atoms with Crippen LogP contribution >= 0.6 is 12.2 Å². The minimum atomic E-state index is 0.0106. The molecule has 0 unspecified atom stereocenters. The number of hydrazine groups is 1. The van der Waals surface area contributed by atoms with Crippen LogP contribution in [0.3, 0.4) is 0 Å². The summed E-state index contributed by atoms with van der Waals surface area (Å²) < 4.78 is 5.74. The lowest BCUT2D eigenvalue weighted by molar-refractivity contribution is 0.00158. The smallest absolute Gasteiger partial charge is 0.272 e. The van der Waals surface area contributed by atoms with Crippen LogP contribution in [0, 0.1) is 0 Å². The van der Waals surface area contributed by atoms with E-state index in [1.165, 1.54) is 5.56 Å². The highest BCUT2D eigenvalue weighted by Crippen LogP contribution is 2.27. The molecular weight excluding hydrogens is 232 g/mol. The molecule has 0 aliphatic carbocycles. The Morgan fingerprint density at radius 1 is 1.35 bits per heavy atom. The SMILES string of the molecule is CCCN1NC(=S)O[C@H](c2ccccc2)[C@@H]1C. The van der Waals surface area contributed by atoms with Crippen molar-refractivity contribution in [3.63, 3.8) is 0 Å². The molecule has 17 heavy (non-hydrogen) atoms. The maximum absolute atomic E-state index is 5.74. The summed E-state index contributed by atoms with van der Waals surface area (Å²) in [7, 11) is 0. The van der Waals surface area contributed by atoms with Crippen LogP contribution in [0.4, 0.5) is 0 Å². The van der Waals surface area contributed by atoms with E-state index in [0.717, 1.165) is 13.0 Å². The lowest BCUT2D eigenvalue weighted by Gasteiger charge is -2.40. The first kappa shape index (κ1) is 12.3. The molecule has 1 aromatic carbocycles. The average molecular weight is 250 g/mol. The van der Waals surface area contributed by atoms with Crippen molar-refractivity contribution in [3.05, 3.63) is 35.9 Å². The van der Waals surface area contributed by atoms with E-state index in [1.807, 2.05) is 18.2 Å². The highest BCUT2D eigenvalue weighted by molar-refractivity contribution is 7.80. The van der Waals surface area contributed by atoms with Gasteiger partial charge in [-0.2, -0.15) is 0 Å². The van der Waals surface area contributed by atoms with Crippen LogP contribution in [0.2, 0.25) is 0 Å². The Hall–Kier alpha value is -1.13. The molecule has 1 saturated heterocycles. The van der Waals surface area contributed by atoms with Crippen LogP contribution in [-0.4, -0.2) is 22.8 Å². The molecule has 2 atom stereocenters. The van der Waals surface area contributed by atoms with Crippen molar-refractivity contribution in [3.8, 4) is 0 Å². The van der Waals surface area contributed by atoms with Crippen molar-refractivity contribution in [2.45, 2.75) is 32.4 Å². The van der Waals surface area contributed by atoms with E-state index in [-0.39, 0.29) is 12.1 Å². The van der Waals surface area contributed by atoms with Gasteiger partial charge in [-0.3, -0.25) is 5.43 Å². The zero-order valence-corrected chi connectivity index (χ0v) is 11.0. The molecule has 1 heterocycles. The van der Waals surface area contributed by atoms with Gasteiger partial charge in [0.15, 0.2) is 0 Å². The predicted molar refractivity (Wildman–Crippen MR) is 72.5 cm³/mol. The maximum atomic E-state index is 5.74. The molecule has 4 heteroatoms. The number of hydrogen-bond donors (Lipinski definition) is 1. The molecule has 2 rings (SSSR count). The van der Waals surface area contributed by atoms with Gasteiger partial charge >= 0.3 is 0 Å². The van der Waals surface area contributed by atoms with Crippen LogP contribution in [0.15, 0.2) is 30.3 Å². The molecule has 1 aliphatic heterocycles. The minimum absolute atomic E-state index is 0.0106. The van der Waals surface area contributed by atoms with Crippen LogP contribution in [-0.2, 0) is 4.74 Å². The number of rotatable bonds is 3. The molecular formula is C13H18N2OS. The van der Waals surface area contributed by atoms with Gasteiger partial charge in [0, 0.05) is 6.54 Å². The van der Waals surface area contributed by atoms with E-state index in [4.69, 9.17) is 17.0 Å². The standard InChI is InChI=1S/C13H18N2OS/c1-3-9-15-10(2)12(16-13(17)14-15)11-7-5-4-6-8-11/h4-8,10,12H,3,9H2,1-2H3,(H,14,17)/t10-,12-/m0/s1. The van der Waals surface area contributed by atoms with Crippen molar-refractivity contribution in [2.75, 3.05) is 6.54 Å². The summed E-state index contributed by atoms with van der Waals surface area (Å²) in [5, 5.41) is 2.62. The Bertz CT molecular complexity index is 382. The molecule has 1 aliphatic rings. The highest BCUT2D eigenvalue weighted by Gasteiger charge is 2.32. The first-order valence-electron chi connectivity index (χ1n) is 6.01. The molecule has 1 aromatic rings. The number of thiocarbonyl (C=S) groups is 1. The fourth-order valence-corrected chi connectivity index (χ4v) is 2.33. The quantitative estimate of drug-likeness (QED) is 0.834. The summed E-state index contributed by atoms with van der Waals surface area (Å²) in [6, 6.07) is 10.5. The van der Waals surface area contributed by atoms with Gasteiger partial charge in [-0.15, -0.1) is 0 Å². The molecule has 0 saturated carbocycles. The third kappa shape index (κ3) is 2.76. The summed E-state index contributed by atoms with van der Waals surface area (Å²) in [6.07, 6.45) is 1.10. The van der Waals surface area contributed by atoms with Crippen molar-refractivity contribution < 1.29 is 4.74 Å². The number of ether oxygens (including phenoxy) is 1. The van der Waals surface area contributed by atoms with Gasteiger partial charge in [0.05, 0.1) is 6.04 Å². The zero-order valence-electron chi connectivity index (χ0n) is 10.2. The van der Waals surface area contributed by atoms with E-state index in [1.54, 1.807) is 0 Å². The van der Waals surface area contributed by atoms with E-state index in [2.05, 4.69) is 36.4 Å². The van der Waals surface area contributed by atoms with E-state index in [0.29, 0.717) is 5.17 Å². The summed E-state index contributed by atoms with van der Waals surface area (Å²) in [6.45, 7) is 5.28. The molecule has 0 bridgehead atoms. The monoisotopic (exact) mass is 250 g/mol. The van der Waals surface area contributed by atoms with Crippen molar-refractivity contribution in [2.24, 2.45) is 0 Å². The Labute approximate surface area is 108 Å². The molecule has 0 amide bonds. The summed E-state index contributed by atoms with van der Waals surface area (Å²) in [4.78, 5) is 0. The second-order valence-electron chi connectivity index (χ2n) is 4.28. The van der Waals surface area contributed by atoms with Gasteiger partial charge in [-0.05, 0) is 31.1 Å². The van der Waals surface area contributed by atoms with Crippen LogP contribution in [0.1, 0.15) is 31.9 Å². The maximum Gasteiger partial charge on any atom is 0.272 e. The van der Waals surface area contributed by atoms with Crippen molar-refractivity contribution in [1.82, 2.24) is 10.4 Å². The fourth-order valence-electron chi connectivity index (χ4n) is 2.11. The molecule has 3 nitrogen and oxygen atoms in total. The van der Waals surface area contributed by atoms with E-state index < -0.39 is 0 Å². The Kier molecular flexibility index (Phi) is 3.97. The number of nitrogens with one attached hydrogen (secondary N) is 1. The first-order chi connectivity index (χ1) is 8.22. The molecule has 1 fully saturated rings. The van der Waals surface area contributed by atoms with Crippen molar-refractivity contribution >= 4 is 17.4 Å². The molecule has 0 aromatic heterocycles. The van der Waals surface area contributed by atoms with Gasteiger partial charge in [-0.1, -0.05) is 37.3 Å². The number of hydrogen-bond acceptors (Lipinski definition) is 3. The number of nitrogens with zero attached hydrogens (tertiary/aromatic N) is 1. The Morgan fingerprint density at radius 3 is 2.71 bits per heavy atom. The summed E-state index contributed by atoms with van der Waals surface area (Å²) >= 11 is 5.15. The molecule has 92 valence electrons. The van der Waals surface area contributed by atoms with E-state index >= 15 is 0 Å². The molecule has 1 N–H and O–H groups in total. The van der Waals surface area contributed by atoms with Crippen LogP contribution < -0.4 is 5.43 Å². The lowest BCUT2D eigenvalue weighted by atomic mass is 10.0. The van der Waals surface area contributed by atoms with Gasteiger partial charge in [0.25, 0.3) is 5.17 Å². The van der Waals surface area contributed by atoms with Crippen molar-refractivity contribution in [1.29, 1.82) is 0 Å². The predicted octanol–water partition coefficient (Wildman–Crippen LogP) is 2.65.